The average Bonchev–Trinajstić information content (AvgIpc) is 2.62. The number of alkyl halides is 3. The van der Waals surface area contributed by atoms with Gasteiger partial charge in [-0.2, -0.15) is 13.2 Å². The molecule has 0 saturated carbocycles. The van der Waals surface area contributed by atoms with E-state index in [1.54, 1.807) is 12.3 Å². The summed E-state index contributed by atoms with van der Waals surface area (Å²) in [5, 5.41) is 0. The van der Waals surface area contributed by atoms with E-state index in [9.17, 15) is 13.2 Å². The van der Waals surface area contributed by atoms with Crippen molar-refractivity contribution in [1.29, 1.82) is 0 Å². The Kier molecular flexibility index (Phi) is 4.79. The van der Waals surface area contributed by atoms with Gasteiger partial charge in [0.05, 0.1) is 6.20 Å². The lowest BCUT2D eigenvalue weighted by molar-refractivity contribution is -0.141. The van der Waals surface area contributed by atoms with Crippen molar-refractivity contribution in [3.63, 3.8) is 0 Å². The molecule has 0 amide bonds. The number of nitrogens with zero attached hydrogens (tertiary/aromatic N) is 3. The first kappa shape index (κ1) is 17.7. The topological polar surface area (TPSA) is 38.2 Å². The predicted molar refractivity (Wildman–Crippen MR) is 93.3 cm³/mol. The molecule has 0 N–H and O–H groups in total. The largest absolute Gasteiger partial charge is 0.437 e. The Morgan fingerprint density at radius 1 is 0.885 bits per heavy atom. The number of hydrogen-bond donors (Lipinski definition) is 0. The van der Waals surface area contributed by atoms with Crippen molar-refractivity contribution in [3.8, 4) is 22.8 Å². The van der Waals surface area contributed by atoms with Crippen LogP contribution in [0.5, 0.6) is 11.6 Å². The van der Waals surface area contributed by atoms with Crippen LogP contribution in [-0.2, 0) is 6.18 Å². The van der Waals surface area contributed by atoms with Crippen molar-refractivity contribution in [3.05, 3.63) is 66.6 Å². The molecule has 0 aliphatic carbocycles. The van der Waals surface area contributed by atoms with Gasteiger partial charge in [0.2, 0.25) is 5.88 Å². The van der Waals surface area contributed by atoms with Crippen LogP contribution in [0.4, 0.5) is 18.9 Å². The van der Waals surface area contributed by atoms with Crippen molar-refractivity contribution in [2.24, 2.45) is 0 Å². The lowest BCUT2D eigenvalue weighted by atomic mass is 10.0. The van der Waals surface area contributed by atoms with Gasteiger partial charge in [-0.1, -0.05) is 18.2 Å². The molecule has 0 atom stereocenters. The monoisotopic (exact) mass is 359 g/mol. The number of para-hydroxylation sites is 1. The molecule has 0 fully saturated rings. The minimum Gasteiger partial charge on any atom is -0.437 e. The third-order valence-electron chi connectivity index (χ3n) is 3.69. The van der Waals surface area contributed by atoms with Crippen LogP contribution in [0.3, 0.4) is 0 Å². The van der Waals surface area contributed by atoms with E-state index in [0.717, 1.165) is 29.1 Å². The Balaban J connectivity index is 1.96. The smallest absolute Gasteiger partial charge is 0.433 e. The van der Waals surface area contributed by atoms with Crippen LogP contribution in [0, 0.1) is 0 Å². The Bertz CT molecular complexity index is 893. The number of aromatic nitrogens is 2. The van der Waals surface area contributed by atoms with Crippen molar-refractivity contribution in [2.45, 2.75) is 6.18 Å². The molecule has 3 aromatic rings. The third kappa shape index (κ3) is 3.77. The van der Waals surface area contributed by atoms with Gasteiger partial charge in [0.1, 0.15) is 11.4 Å². The maximum Gasteiger partial charge on any atom is 0.433 e. The normalized spacial score (nSPS) is 11.3. The third-order valence-corrected chi connectivity index (χ3v) is 3.69. The lowest BCUT2D eigenvalue weighted by Gasteiger charge is -2.18. The van der Waals surface area contributed by atoms with E-state index in [-0.39, 0.29) is 5.75 Å². The molecule has 0 aliphatic heterocycles. The fourth-order valence-electron chi connectivity index (χ4n) is 2.49. The highest BCUT2D eigenvalue weighted by molar-refractivity contribution is 5.81. The number of pyridine rings is 2. The van der Waals surface area contributed by atoms with Gasteiger partial charge in [-0.05, 0) is 30.3 Å². The van der Waals surface area contributed by atoms with Crippen molar-refractivity contribution in [1.82, 2.24) is 9.97 Å². The first-order valence-electron chi connectivity index (χ1n) is 7.79. The van der Waals surface area contributed by atoms with Gasteiger partial charge >= 0.3 is 6.18 Å². The zero-order valence-electron chi connectivity index (χ0n) is 14.2. The summed E-state index contributed by atoms with van der Waals surface area (Å²) in [6.45, 7) is 0. The van der Waals surface area contributed by atoms with Crippen molar-refractivity contribution >= 4 is 5.69 Å². The first-order valence-corrected chi connectivity index (χ1v) is 7.79. The highest BCUT2D eigenvalue weighted by Gasteiger charge is 2.32. The van der Waals surface area contributed by atoms with Gasteiger partial charge in [0, 0.05) is 37.1 Å². The zero-order chi connectivity index (χ0) is 18.7. The minimum absolute atomic E-state index is 0.181. The number of ether oxygens (including phenoxy) is 1. The second-order valence-corrected chi connectivity index (χ2v) is 5.75. The average molecular weight is 359 g/mol. The van der Waals surface area contributed by atoms with Crippen molar-refractivity contribution in [2.75, 3.05) is 19.0 Å². The van der Waals surface area contributed by atoms with Crippen LogP contribution in [0.25, 0.3) is 11.1 Å². The molecule has 134 valence electrons. The molecule has 0 radical (unpaired) electrons. The van der Waals surface area contributed by atoms with E-state index in [4.69, 9.17) is 4.74 Å². The molecule has 4 nitrogen and oxygen atoms in total. The van der Waals surface area contributed by atoms with Crippen molar-refractivity contribution < 1.29 is 17.9 Å². The van der Waals surface area contributed by atoms with E-state index in [2.05, 4.69) is 9.97 Å². The number of halogens is 3. The maximum atomic E-state index is 12.6. The van der Waals surface area contributed by atoms with Crippen LogP contribution in [0.1, 0.15) is 5.69 Å². The van der Waals surface area contributed by atoms with E-state index >= 15 is 0 Å². The summed E-state index contributed by atoms with van der Waals surface area (Å²) in [5.41, 5.74) is 1.64. The van der Waals surface area contributed by atoms with Gasteiger partial charge < -0.3 is 9.64 Å². The van der Waals surface area contributed by atoms with Gasteiger partial charge in [0.25, 0.3) is 0 Å². The Labute approximate surface area is 148 Å². The Morgan fingerprint density at radius 3 is 2.27 bits per heavy atom. The van der Waals surface area contributed by atoms with Crippen LogP contribution >= 0.6 is 0 Å². The van der Waals surface area contributed by atoms with Gasteiger partial charge in [0.15, 0.2) is 0 Å². The number of rotatable bonds is 4. The molecule has 0 saturated heterocycles. The molecular weight excluding hydrogens is 343 g/mol. The number of hydrogen-bond acceptors (Lipinski definition) is 4. The molecule has 26 heavy (non-hydrogen) atoms. The SMILES string of the molecule is CN(C)c1ccccc1-c1cccnc1Oc1ccc(C(F)(F)F)nc1. The summed E-state index contributed by atoms with van der Waals surface area (Å²) in [7, 11) is 3.85. The second kappa shape index (κ2) is 7.03. The summed E-state index contributed by atoms with van der Waals surface area (Å²) in [4.78, 5) is 9.60. The molecule has 1 aromatic carbocycles. The Morgan fingerprint density at radius 2 is 1.62 bits per heavy atom. The zero-order valence-corrected chi connectivity index (χ0v) is 14.2. The van der Waals surface area contributed by atoms with E-state index in [0.29, 0.717) is 5.88 Å². The van der Waals surface area contributed by atoms with E-state index < -0.39 is 11.9 Å². The van der Waals surface area contributed by atoms with E-state index in [1.807, 2.05) is 49.3 Å². The van der Waals surface area contributed by atoms with Gasteiger partial charge in [-0.3, -0.25) is 0 Å². The van der Waals surface area contributed by atoms with Crippen LogP contribution in [0.2, 0.25) is 0 Å². The van der Waals surface area contributed by atoms with E-state index in [1.165, 1.54) is 6.07 Å². The highest BCUT2D eigenvalue weighted by atomic mass is 19.4. The molecule has 0 spiro atoms. The number of anilines is 1. The summed E-state index contributed by atoms with van der Waals surface area (Å²) >= 11 is 0. The quantitative estimate of drug-likeness (QED) is 0.656. The molecule has 0 unspecified atom stereocenters. The van der Waals surface area contributed by atoms with Gasteiger partial charge in [-0.25, -0.2) is 9.97 Å². The summed E-state index contributed by atoms with van der Waals surface area (Å²) in [5.74, 6) is 0.476. The number of benzene rings is 1. The first-order chi connectivity index (χ1) is 12.4. The second-order valence-electron chi connectivity index (χ2n) is 5.75. The lowest BCUT2D eigenvalue weighted by Crippen LogP contribution is -2.10. The molecule has 7 heteroatoms. The molecular formula is C19H16F3N3O. The molecule has 0 bridgehead atoms. The fraction of sp³-hybridized carbons (Fsp3) is 0.158. The van der Waals surface area contributed by atoms with Gasteiger partial charge in [-0.15, -0.1) is 0 Å². The summed E-state index contributed by atoms with van der Waals surface area (Å²) < 4.78 is 43.6. The molecule has 0 aliphatic rings. The van der Waals surface area contributed by atoms with Crippen LogP contribution < -0.4 is 9.64 Å². The molecule has 2 heterocycles. The summed E-state index contributed by atoms with van der Waals surface area (Å²) in [6.07, 6.45) is -1.88. The molecule has 3 rings (SSSR count). The summed E-state index contributed by atoms with van der Waals surface area (Å²) in [6, 6.07) is 13.5. The minimum atomic E-state index is -4.49. The molecule has 2 aromatic heterocycles. The van der Waals surface area contributed by atoms with Crippen LogP contribution in [0.15, 0.2) is 60.9 Å². The van der Waals surface area contributed by atoms with Crippen LogP contribution in [-0.4, -0.2) is 24.1 Å². The highest BCUT2D eigenvalue weighted by Crippen LogP contribution is 2.37. The predicted octanol–water partition coefficient (Wildman–Crippen LogP) is 5.02. The Hall–Kier alpha value is -3.09. The maximum absolute atomic E-state index is 12.6. The standard InChI is InChI=1S/C19H16F3N3O/c1-25(2)16-8-4-3-6-14(16)15-7-5-11-23-18(15)26-13-9-10-17(24-12-13)19(20,21)22/h3-12H,1-2H3. The fourth-order valence-corrected chi connectivity index (χ4v) is 2.49.